The molecule has 2 amide bonds. The van der Waals surface area contributed by atoms with Gasteiger partial charge in [0.2, 0.25) is 11.8 Å². The van der Waals surface area contributed by atoms with Crippen molar-refractivity contribution in [2.45, 2.75) is 63.8 Å². The van der Waals surface area contributed by atoms with Crippen LogP contribution >= 0.6 is 0 Å². The van der Waals surface area contributed by atoms with Gasteiger partial charge in [-0.2, -0.15) is 0 Å². The lowest BCUT2D eigenvalue weighted by molar-refractivity contribution is -0.252. The van der Waals surface area contributed by atoms with Gasteiger partial charge in [0.25, 0.3) is 0 Å². The number of anilines is 1. The molecule has 10 heteroatoms. The largest absolute Gasteiger partial charge is 0.392 e. The van der Waals surface area contributed by atoms with E-state index < -0.39 is 12.2 Å². The van der Waals surface area contributed by atoms with E-state index in [1.165, 1.54) is 0 Å². The molecule has 4 aromatic rings. The molecule has 0 spiro atoms. The van der Waals surface area contributed by atoms with Crippen LogP contribution in [0.1, 0.15) is 61.2 Å². The van der Waals surface area contributed by atoms with E-state index in [-0.39, 0.29) is 37.6 Å². The predicted molar refractivity (Wildman–Crippen MR) is 152 cm³/mol. The van der Waals surface area contributed by atoms with Gasteiger partial charge >= 0.3 is 0 Å². The molecule has 10 nitrogen and oxygen atoms in total. The minimum Gasteiger partial charge on any atom is -0.392 e. The van der Waals surface area contributed by atoms with Crippen molar-refractivity contribution in [1.29, 1.82) is 0 Å². The van der Waals surface area contributed by atoms with Crippen LogP contribution < -0.4 is 10.8 Å². The maximum atomic E-state index is 12.3. The summed E-state index contributed by atoms with van der Waals surface area (Å²) in [5.74, 6) is -0.607. The number of aromatic nitrogens is 2. The molecule has 0 radical (unpaired) electrons. The molecule has 3 unspecified atom stereocenters. The van der Waals surface area contributed by atoms with E-state index in [1.807, 2.05) is 79.1 Å². The van der Waals surface area contributed by atoms with E-state index in [4.69, 9.17) is 14.7 Å². The summed E-state index contributed by atoms with van der Waals surface area (Å²) in [6, 6.07) is 23.2. The van der Waals surface area contributed by atoms with Gasteiger partial charge in [-0.25, -0.2) is 10.5 Å². The number of unbranched alkanes of at least 4 members (excludes halogenated alkanes) is 1. The number of aliphatic hydroxyl groups excluding tert-OH is 1. The molecule has 0 aliphatic carbocycles. The van der Waals surface area contributed by atoms with Crippen molar-refractivity contribution in [3.8, 4) is 0 Å². The molecule has 1 aliphatic rings. The minimum atomic E-state index is -0.617. The highest BCUT2D eigenvalue weighted by Crippen LogP contribution is 2.39. The molecule has 0 saturated carbocycles. The number of nitrogens with one attached hydrogen (secondary N) is 2. The first-order chi connectivity index (χ1) is 20.0. The Labute approximate surface area is 237 Å². The van der Waals surface area contributed by atoms with Crippen LogP contribution in [-0.2, 0) is 32.2 Å². The Hall–Kier alpha value is -4.09. The number of benzene rings is 3. The SMILES string of the molecule is O=C(CCCCC(=O)Nc1ccc(C2OC(Cn3cnc4ccccc43)CC(c3ccc(CO)cc3)O2)cc1)NO. The molecule has 5 rings (SSSR count). The Bertz CT molecular complexity index is 1450. The Kier molecular flexibility index (Phi) is 9.37. The molecule has 0 bridgehead atoms. The first-order valence-corrected chi connectivity index (χ1v) is 13.8. The number of imidazole rings is 1. The zero-order valence-corrected chi connectivity index (χ0v) is 22.6. The summed E-state index contributed by atoms with van der Waals surface area (Å²) < 4.78 is 15.0. The number of amides is 2. The van der Waals surface area contributed by atoms with Gasteiger partial charge in [-0.15, -0.1) is 0 Å². The molecule has 3 atom stereocenters. The monoisotopic (exact) mass is 558 g/mol. The maximum absolute atomic E-state index is 12.3. The van der Waals surface area contributed by atoms with E-state index in [0.717, 1.165) is 27.7 Å². The van der Waals surface area contributed by atoms with Gasteiger partial charge in [-0.1, -0.05) is 48.5 Å². The summed E-state index contributed by atoms with van der Waals surface area (Å²) in [6.45, 7) is 0.595. The number of carbonyl (C=O) groups is 2. The lowest BCUT2D eigenvalue weighted by atomic mass is 10.00. The van der Waals surface area contributed by atoms with Gasteiger partial charge in [0.15, 0.2) is 6.29 Å². The van der Waals surface area contributed by atoms with Crippen LogP contribution in [0.5, 0.6) is 0 Å². The van der Waals surface area contributed by atoms with Crippen LogP contribution in [0.4, 0.5) is 5.69 Å². The fourth-order valence-electron chi connectivity index (χ4n) is 4.98. The average molecular weight is 559 g/mol. The van der Waals surface area contributed by atoms with Gasteiger partial charge in [-0.05, 0) is 48.2 Å². The number of nitrogens with zero attached hydrogens (tertiary/aromatic N) is 2. The number of para-hydroxylation sites is 2. The van der Waals surface area contributed by atoms with E-state index in [9.17, 15) is 14.7 Å². The van der Waals surface area contributed by atoms with Crippen LogP contribution in [0.3, 0.4) is 0 Å². The van der Waals surface area contributed by atoms with Crippen LogP contribution in [-0.4, -0.2) is 37.8 Å². The topological polar surface area (TPSA) is 135 Å². The number of aliphatic hydroxyl groups is 1. The molecule has 3 aromatic carbocycles. The third-order valence-electron chi connectivity index (χ3n) is 7.19. The van der Waals surface area contributed by atoms with Crippen LogP contribution in [0.2, 0.25) is 0 Å². The fraction of sp³-hybridized carbons (Fsp3) is 0.323. The number of rotatable bonds is 11. The number of hydrogen-bond acceptors (Lipinski definition) is 7. The third kappa shape index (κ3) is 7.36. The van der Waals surface area contributed by atoms with E-state index >= 15 is 0 Å². The normalized spacial score (nSPS) is 18.7. The van der Waals surface area contributed by atoms with Crippen molar-refractivity contribution in [2.75, 3.05) is 5.32 Å². The summed E-state index contributed by atoms with van der Waals surface area (Å²) in [7, 11) is 0. The first-order valence-electron chi connectivity index (χ1n) is 13.8. The number of carbonyl (C=O) groups excluding carboxylic acids is 2. The lowest BCUT2D eigenvalue weighted by Crippen LogP contribution is -2.32. The molecule has 1 fully saturated rings. The van der Waals surface area contributed by atoms with Gasteiger partial charge in [0, 0.05) is 30.5 Å². The van der Waals surface area contributed by atoms with Crippen LogP contribution in [0.25, 0.3) is 11.0 Å². The molecule has 1 aliphatic heterocycles. The molecule has 1 aromatic heterocycles. The lowest BCUT2D eigenvalue weighted by Gasteiger charge is -2.36. The molecule has 2 heterocycles. The zero-order chi connectivity index (χ0) is 28.6. The zero-order valence-electron chi connectivity index (χ0n) is 22.6. The summed E-state index contributed by atoms with van der Waals surface area (Å²) in [5, 5.41) is 20.9. The molecular formula is C31H34N4O6. The molecule has 41 heavy (non-hydrogen) atoms. The summed E-state index contributed by atoms with van der Waals surface area (Å²) in [6.07, 6.45) is 2.99. The number of ether oxygens (including phenoxy) is 2. The highest BCUT2D eigenvalue weighted by atomic mass is 16.7. The Morgan fingerprint density at radius 1 is 0.902 bits per heavy atom. The van der Waals surface area contributed by atoms with Gasteiger partial charge in [0.05, 0.1) is 42.7 Å². The quantitative estimate of drug-likeness (QED) is 0.118. The van der Waals surface area contributed by atoms with Crippen LogP contribution in [0, 0.1) is 0 Å². The first kappa shape index (κ1) is 28.4. The average Bonchev–Trinajstić information content (AvgIpc) is 3.42. The fourth-order valence-corrected chi connectivity index (χ4v) is 4.98. The smallest absolute Gasteiger partial charge is 0.243 e. The van der Waals surface area contributed by atoms with Gasteiger partial charge in [-0.3, -0.25) is 14.8 Å². The standard InChI is InChI=1S/C31H34N4O6/c36-19-21-9-11-22(12-10-21)28-17-25(18-35-20-32-26-5-1-2-6-27(26)35)40-31(41-28)23-13-15-24(16-14-23)33-29(37)7-3-4-8-30(38)34-39/h1-2,5-6,9-16,20,25,28,31,36,39H,3-4,7-8,17-19H2,(H,33,37)(H,34,38). The van der Waals surface area contributed by atoms with Gasteiger partial charge in [0.1, 0.15) is 0 Å². The predicted octanol–water partition coefficient (Wildman–Crippen LogP) is 4.78. The minimum absolute atomic E-state index is 0.0162. The van der Waals surface area contributed by atoms with Crippen molar-refractivity contribution in [3.63, 3.8) is 0 Å². The van der Waals surface area contributed by atoms with Crippen molar-refractivity contribution in [2.24, 2.45) is 0 Å². The Balaban J connectivity index is 1.27. The van der Waals surface area contributed by atoms with E-state index in [0.29, 0.717) is 31.5 Å². The van der Waals surface area contributed by atoms with Crippen molar-refractivity contribution >= 4 is 28.5 Å². The second-order valence-corrected chi connectivity index (χ2v) is 10.1. The van der Waals surface area contributed by atoms with Crippen molar-refractivity contribution in [1.82, 2.24) is 15.0 Å². The van der Waals surface area contributed by atoms with Crippen molar-refractivity contribution < 1.29 is 29.4 Å². The number of hydrogen-bond donors (Lipinski definition) is 4. The highest BCUT2D eigenvalue weighted by Gasteiger charge is 2.32. The summed E-state index contributed by atoms with van der Waals surface area (Å²) >= 11 is 0. The Morgan fingerprint density at radius 3 is 2.34 bits per heavy atom. The number of hydroxylamine groups is 1. The molecule has 4 N–H and O–H groups in total. The third-order valence-corrected chi connectivity index (χ3v) is 7.19. The van der Waals surface area contributed by atoms with Crippen molar-refractivity contribution in [3.05, 3.63) is 95.8 Å². The Morgan fingerprint density at radius 2 is 1.61 bits per heavy atom. The number of fused-ring (bicyclic) bond motifs is 1. The second-order valence-electron chi connectivity index (χ2n) is 10.1. The van der Waals surface area contributed by atoms with E-state index in [2.05, 4.69) is 14.9 Å². The molecular weight excluding hydrogens is 524 g/mol. The summed E-state index contributed by atoms with van der Waals surface area (Å²) in [4.78, 5) is 27.9. The summed E-state index contributed by atoms with van der Waals surface area (Å²) in [5.41, 5.74) is 6.89. The second kappa shape index (κ2) is 13.5. The van der Waals surface area contributed by atoms with E-state index in [1.54, 1.807) is 5.48 Å². The molecule has 214 valence electrons. The maximum Gasteiger partial charge on any atom is 0.243 e. The molecule has 1 saturated heterocycles. The highest BCUT2D eigenvalue weighted by molar-refractivity contribution is 5.90. The van der Waals surface area contributed by atoms with Gasteiger partial charge < -0.3 is 24.5 Å². The van der Waals surface area contributed by atoms with Crippen LogP contribution in [0.15, 0.2) is 79.1 Å².